The van der Waals surface area contributed by atoms with E-state index in [1.165, 1.54) is 0 Å². The zero-order chi connectivity index (χ0) is 15.2. The van der Waals surface area contributed by atoms with Crippen LogP contribution in [0.3, 0.4) is 0 Å². The van der Waals surface area contributed by atoms with Gasteiger partial charge in [-0.2, -0.15) is 0 Å². The Kier molecular flexibility index (Phi) is 5.33. The minimum Gasteiger partial charge on any atom is -0.357 e. The number of likely N-dealkylation sites (N-methyl/N-ethyl adjacent to an activating group) is 1. The summed E-state index contributed by atoms with van der Waals surface area (Å²) in [6, 6.07) is 8.74. The molecule has 0 radical (unpaired) electrons. The van der Waals surface area contributed by atoms with E-state index in [1.807, 2.05) is 30.3 Å². The predicted octanol–water partition coefficient (Wildman–Crippen LogP) is 0.684. The second-order valence-corrected chi connectivity index (χ2v) is 5.45. The number of amides is 2. The van der Waals surface area contributed by atoms with Crippen molar-refractivity contribution >= 4 is 11.8 Å². The van der Waals surface area contributed by atoms with Crippen LogP contribution < -0.4 is 11.1 Å². The van der Waals surface area contributed by atoms with Crippen LogP contribution in [0.1, 0.15) is 24.8 Å². The molecule has 0 spiro atoms. The Labute approximate surface area is 125 Å². The van der Waals surface area contributed by atoms with Crippen molar-refractivity contribution in [1.82, 2.24) is 10.2 Å². The van der Waals surface area contributed by atoms with Gasteiger partial charge in [-0.1, -0.05) is 30.3 Å². The molecule has 1 saturated heterocycles. The fraction of sp³-hybridized carbons (Fsp3) is 0.500. The summed E-state index contributed by atoms with van der Waals surface area (Å²) in [7, 11) is 1.60. The lowest BCUT2D eigenvalue weighted by atomic mass is 9.98. The average molecular weight is 289 g/mol. The molecular weight excluding hydrogens is 266 g/mol. The van der Waals surface area contributed by atoms with Crippen LogP contribution in [0.15, 0.2) is 30.3 Å². The highest BCUT2D eigenvalue weighted by atomic mass is 16.2. The highest BCUT2D eigenvalue weighted by Gasteiger charge is 2.33. The van der Waals surface area contributed by atoms with Crippen molar-refractivity contribution in [3.63, 3.8) is 0 Å². The molecule has 3 N–H and O–H groups in total. The molecule has 114 valence electrons. The molecule has 1 heterocycles. The monoisotopic (exact) mass is 289 g/mol. The van der Waals surface area contributed by atoms with Crippen LogP contribution in [-0.4, -0.2) is 42.4 Å². The third kappa shape index (κ3) is 3.82. The van der Waals surface area contributed by atoms with E-state index in [0.29, 0.717) is 19.4 Å². The van der Waals surface area contributed by atoms with Gasteiger partial charge in [-0.25, -0.2) is 0 Å². The van der Waals surface area contributed by atoms with Crippen LogP contribution >= 0.6 is 0 Å². The topological polar surface area (TPSA) is 75.4 Å². The molecule has 5 heteroatoms. The number of hydrogen-bond donors (Lipinski definition) is 2. The van der Waals surface area contributed by atoms with Crippen LogP contribution in [-0.2, 0) is 16.0 Å². The maximum Gasteiger partial charge on any atom is 0.242 e. The van der Waals surface area contributed by atoms with Crippen molar-refractivity contribution in [3.8, 4) is 0 Å². The SMILES string of the molecule is CNC(=O)C1CCCCN1C(=O)[C@H](N)Cc1ccccc1. The number of nitrogens with one attached hydrogen (secondary N) is 1. The molecule has 5 nitrogen and oxygen atoms in total. The first-order valence-electron chi connectivity index (χ1n) is 7.45. The van der Waals surface area contributed by atoms with E-state index in [9.17, 15) is 9.59 Å². The minimum atomic E-state index is -0.599. The summed E-state index contributed by atoms with van der Waals surface area (Å²) in [5.74, 6) is -0.234. The predicted molar refractivity (Wildman–Crippen MR) is 81.5 cm³/mol. The second-order valence-electron chi connectivity index (χ2n) is 5.45. The average Bonchev–Trinajstić information content (AvgIpc) is 2.54. The second kappa shape index (κ2) is 7.22. The molecule has 2 amide bonds. The number of benzene rings is 1. The first-order valence-corrected chi connectivity index (χ1v) is 7.45. The largest absolute Gasteiger partial charge is 0.357 e. The quantitative estimate of drug-likeness (QED) is 0.856. The van der Waals surface area contributed by atoms with Gasteiger partial charge in [0, 0.05) is 13.6 Å². The summed E-state index contributed by atoms with van der Waals surface area (Å²) in [5, 5.41) is 2.63. The lowest BCUT2D eigenvalue weighted by Gasteiger charge is -2.36. The van der Waals surface area contributed by atoms with Gasteiger partial charge in [0.25, 0.3) is 0 Å². The lowest BCUT2D eigenvalue weighted by molar-refractivity contribution is -0.143. The van der Waals surface area contributed by atoms with Gasteiger partial charge in [0.15, 0.2) is 0 Å². The Morgan fingerprint density at radius 1 is 1.33 bits per heavy atom. The summed E-state index contributed by atoms with van der Waals surface area (Å²) in [6.07, 6.45) is 3.10. The van der Waals surface area contributed by atoms with E-state index >= 15 is 0 Å². The Balaban J connectivity index is 2.04. The number of nitrogens with zero attached hydrogens (tertiary/aromatic N) is 1. The molecule has 0 saturated carbocycles. The molecule has 1 fully saturated rings. The van der Waals surface area contributed by atoms with Crippen LogP contribution in [0.2, 0.25) is 0 Å². The number of likely N-dealkylation sites (tertiary alicyclic amines) is 1. The molecule has 1 aliphatic rings. The van der Waals surface area contributed by atoms with Crippen molar-refractivity contribution in [2.45, 2.75) is 37.8 Å². The number of piperidine rings is 1. The van der Waals surface area contributed by atoms with Gasteiger partial charge in [0.05, 0.1) is 6.04 Å². The fourth-order valence-corrected chi connectivity index (χ4v) is 2.80. The fourth-order valence-electron chi connectivity index (χ4n) is 2.80. The molecule has 2 atom stereocenters. The van der Waals surface area contributed by atoms with Crippen molar-refractivity contribution in [2.24, 2.45) is 5.73 Å². The van der Waals surface area contributed by atoms with Gasteiger partial charge in [-0.05, 0) is 31.2 Å². The third-order valence-electron chi connectivity index (χ3n) is 3.95. The zero-order valence-corrected chi connectivity index (χ0v) is 12.4. The molecule has 1 unspecified atom stereocenters. The standard InChI is InChI=1S/C16H23N3O2/c1-18-15(20)14-9-5-6-10-19(14)16(21)13(17)11-12-7-3-2-4-8-12/h2-4,7-8,13-14H,5-6,9-11,17H2,1H3,(H,18,20)/t13-,14?/m1/s1. The molecular formula is C16H23N3O2. The molecule has 1 aromatic carbocycles. The van der Waals surface area contributed by atoms with Crippen LogP contribution in [0.4, 0.5) is 0 Å². The van der Waals surface area contributed by atoms with Gasteiger partial charge >= 0.3 is 0 Å². The van der Waals surface area contributed by atoms with Gasteiger partial charge in [0.1, 0.15) is 6.04 Å². The highest BCUT2D eigenvalue weighted by molar-refractivity contribution is 5.90. The maximum atomic E-state index is 12.6. The Morgan fingerprint density at radius 2 is 2.05 bits per heavy atom. The zero-order valence-electron chi connectivity index (χ0n) is 12.4. The van der Waals surface area contributed by atoms with E-state index in [2.05, 4.69) is 5.32 Å². The van der Waals surface area contributed by atoms with Gasteiger partial charge < -0.3 is 16.0 Å². The van der Waals surface area contributed by atoms with Crippen LogP contribution in [0.5, 0.6) is 0 Å². The smallest absolute Gasteiger partial charge is 0.242 e. The van der Waals surface area contributed by atoms with E-state index in [-0.39, 0.29) is 17.9 Å². The summed E-state index contributed by atoms with van der Waals surface area (Å²) in [6.45, 7) is 0.611. The van der Waals surface area contributed by atoms with Crippen molar-refractivity contribution in [2.75, 3.05) is 13.6 Å². The lowest BCUT2D eigenvalue weighted by Crippen LogP contribution is -2.56. The molecule has 0 aliphatic carbocycles. The first-order chi connectivity index (χ1) is 10.1. The summed E-state index contributed by atoms with van der Waals surface area (Å²) < 4.78 is 0. The molecule has 1 aromatic rings. The van der Waals surface area contributed by atoms with E-state index in [1.54, 1.807) is 11.9 Å². The van der Waals surface area contributed by atoms with E-state index in [0.717, 1.165) is 18.4 Å². The summed E-state index contributed by atoms with van der Waals surface area (Å²) in [5.41, 5.74) is 7.10. The molecule has 21 heavy (non-hydrogen) atoms. The van der Waals surface area contributed by atoms with Crippen molar-refractivity contribution in [1.29, 1.82) is 0 Å². The Hall–Kier alpha value is -1.88. The highest BCUT2D eigenvalue weighted by Crippen LogP contribution is 2.18. The Morgan fingerprint density at radius 3 is 2.71 bits per heavy atom. The first kappa shape index (κ1) is 15.5. The Bertz CT molecular complexity index is 490. The van der Waals surface area contributed by atoms with Crippen molar-refractivity contribution in [3.05, 3.63) is 35.9 Å². The molecule has 0 aromatic heterocycles. The van der Waals surface area contributed by atoms with Gasteiger partial charge in [0.2, 0.25) is 11.8 Å². The van der Waals surface area contributed by atoms with E-state index < -0.39 is 6.04 Å². The van der Waals surface area contributed by atoms with Crippen LogP contribution in [0.25, 0.3) is 0 Å². The number of hydrogen-bond acceptors (Lipinski definition) is 3. The number of nitrogens with two attached hydrogens (primary N) is 1. The van der Waals surface area contributed by atoms with Gasteiger partial charge in [-0.3, -0.25) is 9.59 Å². The molecule has 1 aliphatic heterocycles. The van der Waals surface area contributed by atoms with E-state index in [4.69, 9.17) is 5.73 Å². The van der Waals surface area contributed by atoms with Crippen LogP contribution in [0, 0.1) is 0 Å². The number of carbonyl (C=O) groups is 2. The van der Waals surface area contributed by atoms with Gasteiger partial charge in [-0.15, -0.1) is 0 Å². The number of carbonyl (C=O) groups excluding carboxylic acids is 2. The summed E-state index contributed by atoms with van der Waals surface area (Å²) in [4.78, 5) is 26.1. The summed E-state index contributed by atoms with van der Waals surface area (Å²) >= 11 is 0. The number of rotatable bonds is 4. The molecule has 2 rings (SSSR count). The third-order valence-corrected chi connectivity index (χ3v) is 3.95. The van der Waals surface area contributed by atoms with Crippen molar-refractivity contribution < 1.29 is 9.59 Å². The molecule has 0 bridgehead atoms. The minimum absolute atomic E-state index is 0.102. The normalized spacial score (nSPS) is 19.9. The maximum absolute atomic E-state index is 12.6.